The van der Waals surface area contributed by atoms with Crippen molar-refractivity contribution < 1.29 is 14.3 Å². The van der Waals surface area contributed by atoms with Gasteiger partial charge in [0.25, 0.3) is 5.91 Å². The van der Waals surface area contributed by atoms with Crippen molar-refractivity contribution >= 4 is 11.8 Å². The quantitative estimate of drug-likeness (QED) is 0.648. The van der Waals surface area contributed by atoms with Gasteiger partial charge in [-0.1, -0.05) is 60.7 Å². The van der Waals surface area contributed by atoms with Crippen LogP contribution >= 0.6 is 0 Å². The van der Waals surface area contributed by atoms with E-state index in [1.54, 1.807) is 38.3 Å². The van der Waals surface area contributed by atoms with E-state index >= 15 is 0 Å². The van der Waals surface area contributed by atoms with Gasteiger partial charge in [0.1, 0.15) is 11.8 Å². The lowest BCUT2D eigenvalue weighted by atomic mass is 9.98. The highest BCUT2D eigenvalue weighted by Crippen LogP contribution is 2.24. The molecular formula is C24H24N2O3. The van der Waals surface area contributed by atoms with Gasteiger partial charge in [0.15, 0.2) is 0 Å². The summed E-state index contributed by atoms with van der Waals surface area (Å²) in [5.74, 6) is 0.197. The molecule has 148 valence electrons. The van der Waals surface area contributed by atoms with Gasteiger partial charge in [0, 0.05) is 5.56 Å². The molecule has 0 saturated carbocycles. The molecule has 2 atom stereocenters. The minimum absolute atomic E-state index is 0.265. The molecule has 2 amide bonds. The molecule has 3 aromatic carbocycles. The smallest absolute Gasteiger partial charge is 0.251 e. The molecule has 0 spiro atoms. The van der Waals surface area contributed by atoms with E-state index in [0.717, 1.165) is 16.9 Å². The maximum Gasteiger partial charge on any atom is 0.251 e. The number of nitrogens with one attached hydrogen (secondary N) is 2. The number of ether oxygens (including phenoxy) is 1. The van der Waals surface area contributed by atoms with Crippen LogP contribution in [0.25, 0.3) is 0 Å². The maximum absolute atomic E-state index is 12.8. The number of amides is 2. The molecule has 2 N–H and O–H groups in total. The Morgan fingerprint density at radius 1 is 0.759 bits per heavy atom. The fraction of sp³-hybridized carbons (Fsp3) is 0.167. The van der Waals surface area contributed by atoms with Gasteiger partial charge in [0.2, 0.25) is 5.91 Å². The second kappa shape index (κ2) is 9.55. The van der Waals surface area contributed by atoms with E-state index in [0.29, 0.717) is 5.56 Å². The first-order chi connectivity index (χ1) is 14.1. The zero-order valence-electron chi connectivity index (χ0n) is 16.5. The molecule has 2 unspecified atom stereocenters. The Kier molecular flexibility index (Phi) is 6.63. The van der Waals surface area contributed by atoms with Gasteiger partial charge >= 0.3 is 0 Å². The number of hydrogen-bond acceptors (Lipinski definition) is 3. The predicted molar refractivity (Wildman–Crippen MR) is 113 cm³/mol. The van der Waals surface area contributed by atoms with E-state index in [2.05, 4.69) is 10.6 Å². The van der Waals surface area contributed by atoms with E-state index < -0.39 is 6.04 Å². The van der Waals surface area contributed by atoms with Crippen molar-refractivity contribution in [3.8, 4) is 5.75 Å². The zero-order valence-corrected chi connectivity index (χ0v) is 16.5. The van der Waals surface area contributed by atoms with Gasteiger partial charge in [0.05, 0.1) is 13.2 Å². The summed E-state index contributed by atoms with van der Waals surface area (Å²) >= 11 is 0. The molecule has 0 radical (unpaired) electrons. The van der Waals surface area contributed by atoms with Crippen LogP contribution in [0, 0.1) is 0 Å². The third-order valence-electron chi connectivity index (χ3n) is 4.65. The standard InChI is InChI=1S/C24H24N2O3/c1-17(25-24(28)20-11-7-4-8-12-20)23(27)26-22(18-9-5-3-6-10-18)19-13-15-21(29-2)16-14-19/h3-17,22H,1-2H3,(H,25,28)(H,26,27). The molecule has 0 aliphatic carbocycles. The van der Waals surface area contributed by atoms with Crippen molar-refractivity contribution in [1.29, 1.82) is 0 Å². The summed E-state index contributed by atoms with van der Waals surface area (Å²) in [5, 5.41) is 5.80. The van der Waals surface area contributed by atoms with E-state index in [1.165, 1.54) is 0 Å². The molecule has 3 aromatic rings. The van der Waals surface area contributed by atoms with Gasteiger partial charge in [-0.2, -0.15) is 0 Å². The Bertz CT molecular complexity index is 941. The second-order valence-electron chi connectivity index (χ2n) is 6.69. The molecule has 0 saturated heterocycles. The summed E-state index contributed by atoms with van der Waals surface area (Å²) in [5.41, 5.74) is 2.39. The van der Waals surface area contributed by atoms with Crippen LogP contribution in [0.5, 0.6) is 5.75 Å². The molecule has 29 heavy (non-hydrogen) atoms. The van der Waals surface area contributed by atoms with Gasteiger partial charge in [-0.05, 0) is 42.3 Å². The average Bonchev–Trinajstić information content (AvgIpc) is 2.78. The molecule has 0 fully saturated rings. The van der Waals surface area contributed by atoms with Gasteiger partial charge in [-0.3, -0.25) is 9.59 Å². The Morgan fingerprint density at radius 3 is 1.90 bits per heavy atom. The Morgan fingerprint density at radius 2 is 1.31 bits per heavy atom. The third-order valence-corrected chi connectivity index (χ3v) is 4.65. The van der Waals surface area contributed by atoms with Crippen LogP contribution in [0.3, 0.4) is 0 Å². The predicted octanol–water partition coefficient (Wildman–Crippen LogP) is 3.72. The molecule has 3 rings (SSSR count). The number of methoxy groups -OCH3 is 1. The molecule has 5 heteroatoms. The van der Waals surface area contributed by atoms with Crippen molar-refractivity contribution in [2.75, 3.05) is 7.11 Å². The molecule has 0 aromatic heterocycles. The highest BCUT2D eigenvalue weighted by molar-refractivity contribution is 5.97. The van der Waals surface area contributed by atoms with Crippen molar-refractivity contribution in [1.82, 2.24) is 10.6 Å². The highest BCUT2D eigenvalue weighted by atomic mass is 16.5. The van der Waals surface area contributed by atoms with Crippen LogP contribution in [0.4, 0.5) is 0 Å². The van der Waals surface area contributed by atoms with E-state index in [9.17, 15) is 9.59 Å². The number of hydrogen-bond donors (Lipinski definition) is 2. The number of benzene rings is 3. The van der Waals surface area contributed by atoms with E-state index in [-0.39, 0.29) is 17.9 Å². The van der Waals surface area contributed by atoms with Crippen LogP contribution in [0.2, 0.25) is 0 Å². The number of carbonyl (C=O) groups excluding carboxylic acids is 2. The van der Waals surface area contributed by atoms with Crippen molar-refractivity contribution in [3.05, 3.63) is 102 Å². The zero-order chi connectivity index (χ0) is 20.6. The molecule has 0 aliphatic heterocycles. The van der Waals surface area contributed by atoms with E-state index in [4.69, 9.17) is 4.74 Å². The number of carbonyl (C=O) groups is 2. The van der Waals surface area contributed by atoms with Crippen LogP contribution in [0.1, 0.15) is 34.5 Å². The fourth-order valence-corrected chi connectivity index (χ4v) is 3.00. The Labute approximate surface area is 170 Å². The van der Waals surface area contributed by atoms with Gasteiger partial charge < -0.3 is 15.4 Å². The summed E-state index contributed by atoms with van der Waals surface area (Å²) in [4.78, 5) is 25.2. The van der Waals surface area contributed by atoms with Gasteiger partial charge in [-0.25, -0.2) is 0 Å². The monoisotopic (exact) mass is 388 g/mol. The van der Waals surface area contributed by atoms with Gasteiger partial charge in [-0.15, -0.1) is 0 Å². The summed E-state index contributed by atoms with van der Waals surface area (Å²) in [7, 11) is 1.61. The molecule has 5 nitrogen and oxygen atoms in total. The largest absolute Gasteiger partial charge is 0.497 e. The average molecular weight is 388 g/mol. The fourth-order valence-electron chi connectivity index (χ4n) is 3.00. The topological polar surface area (TPSA) is 67.4 Å². The van der Waals surface area contributed by atoms with Crippen LogP contribution in [-0.4, -0.2) is 25.0 Å². The third kappa shape index (κ3) is 5.23. The SMILES string of the molecule is COc1ccc(C(NC(=O)C(C)NC(=O)c2ccccc2)c2ccccc2)cc1. The van der Waals surface area contributed by atoms with Crippen LogP contribution in [-0.2, 0) is 4.79 Å². The molecule has 0 aliphatic rings. The minimum Gasteiger partial charge on any atom is -0.497 e. The van der Waals surface area contributed by atoms with E-state index in [1.807, 2.05) is 60.7 Å². The summed E-state index contributed by atoms with van der Waals surface area (Å²) < 4.78 is 5.22. The highest BCUT2D eigenvalue weighted by Gasteiger charge is 2.22. The lowest BCUT2D eigenvalue weighted by molar-refractivity contribution is -0.123. The minimum atomic E-state index is -0.688. The first kappa shape index (κ1) is 20.1. The van der Waals surface area contributed by atoms with Crippen LogP contribution in [0.15, 0.2) is 84.9 Å². The molecule has 0 bridgehead atoms. The first-order valence-electron chi connectivity index (χ1n) is 9.43. The van der Waals surface area contributed by atoms with Crippen molar-refractivity contribution in [3.63, 3.8) is 0 Å². The summed E-state index contributed by atoms with van der Waals surface area (Å²) in [6.07, 6.45) is 0. The summed E-state index contributed by atoms with van der Waals surface area (Å²) in [6.45, 7) is 1.67. The second-order valence-corrected chi connectivity index (χ2v) is 6.69. The summed E-state index contributed by atoms with van der Waals surface area (Å²) in [6, 6.07) is 25.1. The number of rotatable bonds is 7. The Balaban J connectivity index is 1.76. The first-order valence-corrected chi connectivity index (χ1v) is 9.43. The maximum atomic E-state index is 12.8. The van der Waals surface area contributed by atoms with Crippen molar-refractivity contribution in [2.24, 2.45) is 0 Å². The molecule has 0 heterocycles. The van der Waals surface area contributed by atoms with Crippen LogP contribution < -0.4 is 15.4 Å². The molecular weight excluding hydrogens is 364 g/mol. The lowest BCUT2D eigenvalue weighted by Crippen LogP contribution is -2.46. The van der Waals surface area contributed by atoms with Crippen molar-refractivity contribution in [2.45, 2.75) is 19.0 Å². The lowest BCUT2D eigenvalue weighted by Gasteiger charge is -2.23. The normalized spacial score (nSPS) is 12.5. The Hall–Kier alpha value is -3.60.